The average Bonchev–Trinajstić information content (AvgIpc) is 2.90. The fraction of sp³-hybridized carbons (Fsp3) is 0.167. The highest BCUT2D eigenvalue weighted by molar-refractivity contribution is 6.17. The van der Waals surface area contributed by atoms with Gasteiger partial charge in [-0.1, -0.05) is 55.7 Å². The number of carbonyl (C=O) groups is 3. The van der Waals surface area contributed by atoms with Crippen LogP contribution in [0.2, 0.25) is 0 Å². The molecule has 4 rings (SSSR count). The van der Waals surface area contributed by atoms with E-state index < -0.39 is 0 Å². The summed E-state index contributed by atoms with van der Waals surface area (Å²) >= 11 is 0. The van der Waals surface area contributed by atoms with Crippen LogP contribution >= 0.6 is 0 Å². The minimum atomic E-state index is -0.123. The summed E-state index contributed by atoms with van der Waals surface area (Å²) in [6.07, 6.45) is 7.65. The lowest BCUT2D eigenvalue weighted by Crippen LogP contribution is -2.08. The van der Waals surface area contributed by atoms with Crippen molar-refractivity contribution in [2.45, 2.75) is 34.1 Å². The van der Waals surface area contributed by atoms with Crippen LogP contribution in [0.5, 0.6) is 0 Å². The third-order valence-corrected chi connectivity index (χ3v) is 4.98. The molecule has 0 saturated heterocycles. The Hall–Kier alpha value is -4.25. The third-order valence-electron chi connectivity index (χ3n) is 4.98. The number of hydrogen-bond donors (Lipinski definition) is 0. The standard InChI is InChI=1S/C26H20N2O2.C3H8.CH2O/c1-17-7-9-21(23(13-17)25(29)19-5-3-11-27-15-19)22-10-8-18(2)14-24(22)26(30)20-6-4-12-28-16-20;1-3-2;1-2/h3-16H,1-2H3;3H2,1-2H3;1H2. The zero-order valence-electron chi connectivity index (χ0n) is 20.6. The van der Waals surface area contributed by atoms with Gasteiger partial charge in [0.25, 0.3) is 0 Å². The fourth-order valence-corrected chi connectivity index (χ4v) is 3.47. The van der Waals surface area contributed by atoms with E-state index in [1.165, 1.54) is 6.42 Å². The van der Waals surface area contributed by atoms with Crippen molar-refractivity contribution < 1.29 is 14.4 Å². The molecular weight excluding hydrogens is 436 g/mol. The topological polar surface area (TPSA) is 77.0 Å². The van der Waals surface area contributed by atoms with Gasteiger partial charge in [-0.25, -0.2) is 0 Å². The van der Waals surface area contributed by atoms with Gasteiger partial charge in [-0.15, -0.1) is 0 Å². The smallest absolute Gasteiger partial charge is 0.195 e. The number of aromatic nitrogens is 2. The van der Waals surface area contributed by atoms with Crippen molar-refractivity contribution in [1.29, 1.82) is 0 Å². The molecule has 0 saturated carbocycles. The average molecular weight is 467 g/mol. The molecule has 4 aromatic rings. The maximum atomic E-state index is 13.3. The molecule has 0 aliphatic rings. The summed E-state index contributed by atoms with van der Waals surface area (Å²) in [5, 5.41) is 0. The van der Waals surface area contributed by atoms with Crippen molar-refractivity contribution >= 4 is 18.4 Å². The summed E-state index contributed by atoms with van der Waals surface area (Å²) < 4.78 is 0. The van der Waals surface area contributed by atoms with E-state index >= 15 is 0 Å². The van der Waals surface area contributed by atoms with E-state index in [-0.39, 0.29) is 11.6 Å². The molecule has 0 unspecified atom stereocenters. The predicted molar refractivity (Wildman–Crippen MR) is 140 cm³/mol. The van der Waals surface area contributed by atoms with Gasteiger partial charge in [-0.05, 0) is 61.4 Å². The summed E-state index contributed by atoms with van der Waals surface area (Å²) in [5.74, 6) is -0.246. The number of carbonyl (C=O) groups excluding carboxylic acids is 3. The minimum Gasteiger partial charge on any atom is -0.307 e. The predicted octanol–water partition coefficient (Wildman–Crippen LogP) is 6.45. The van der Waals surface area contributed by atoms with E-state index in [4.69, 9.17) is 4.79 Å². The molecule has 0 aliphatic heterocycles. The van der Waals surface area contributed by atoms with Crippen LogP contribution in [0.25, 0.3) is 11.1 Å². The van der Waals surface area contributed by atoms with Crippen LogP contribution < -0.4 is 0 Å². The first kappa shape index (κ1) is 27.0. The molecule has 0 radical (unpaired) electrons. The minimum absolute atomic E-state index is 0.123. The zero-order chi connectivity index (χ0) is 25.8. The van der Waals surface area contributed by atoms with Crippen LogP contribution in [-0.4, -0.2) is 28.3 Å². The molecule has 0 spiro atoms. The van der Waals surface area contributed by atoms with E-state index in [1.54, 1.807) is 49.1 Å². The molecule has 0 atom stereocenters. The molecule has 35 heavy (non-hydrogen) atoms. The van der Waals surface area contributed by atoms with E-state index in [1.807, 2.05) is 57.0 Å². The second kappa shape index (κ2) is 13.5. The molecule has 2 aromatic carbocycles. The number of pyridine rings is 2. The Morgan fingerprint density at radius 2 is 1.06 bits per heavy atom. The van der Waals surface area contributed by atoms with Crippen molar-refractivity contribution in [3.63, 3.8) is 0 Å². The van der Waals surface area contributed by atoms with E-state index in [0.717, 1.165) is 22.3 Å². The number of benzene rings is 2. The highest BCUT2D eigenvalue weighted by Gasteiger charge is 2.21. The van der Waals surface area contributed by atoms with Gasteiger partial charge in [0.2, 0.25) is 0 Å². The third kappa shape index (κ3) is 6.87. The Labute approximate surface area is 206 Å². The molecule has 178 valence electrons. The van der Waals surface area contributed by atoms with Gasteiger partial charge < -0.3 is 4.79 Å². The molecule has 2 aromatic heterocycles. The van der Waals surface area contributed by atoms with E-state index in [2.05, 4.69) is 23.8 Å². The second-order valence-corrected chi connectivity index (χ2v) is 7.95. The molecule has 5 heteroatoms. The van der Waals surface area contributed by atoms with Crippen LogP contribution in [0.15, 0.2) is 85.5 Å². The van der Waals surface area contributed by atoms with Crippen molar-refractivity contribution in [3.05, 3.63) is 119 Å². The van der Waals surface area contributed by atoms with Crippen LogP contribution in [0, 0.1) is 13.8 Å². The lowest BCUT2D eigenvalue weighted by atomic mass is 9.88. The maximum Gasteiger partial charge on any atom is 0.195 e. The number of nitrogens with zero attached hydrogens (tertiary/aromatic N) is 2. The Balaban J connectivity index is 0.000000803. The molecule has 0 aliphatic carbocycles. The van der Waals surface area contributed by atoms with Gasteiger partial charge in [0, 0.05) is 47.0 Å². The maximum absolute atomic E-state index is 13.3. The Morgan fingerprint density at radius 3 is 1.37 bits per heavy atom. The van der Waals surface area contributed by atoms with Crippen LogP contribution in [-0.2, 0) is 4.79 Å². The molecule has 5 nitrogen and oxygen atoms in total. The fourth-order valence-electron chi connectivity index (χ4n) is 3.47. The Morgan fingerprint density at radius 1 is 0.686 bits per heavy atom. The number of rotatable bonds is 5. The van der Waals surface area contributed by atoms with E-state index in [9.17, 15) is 9.59 Å². The monoisotopic (exact) mass is 466 g/mol. The Kier molecular flexibility index (Phi) is 10.4. The zero-order valence-corrected chi connectivity index (χ0v) is 20.6. The summed E-state index contributed by atoms with van der Waals surface area (Å²) in [4.78, 5) is 42.7. The SMILES string of the molecule is C=O.CCC.Cc1ccc(-c2ccc(C)cc2C(=O)c2cccnc2)c(C(=O)c2cccnc2)c1. The highest BCUT2D eigenvalue weighted by atomic mass is 16.1. The van der Waals surface area contributed by atoms with Gasteiger partial charge in [0.15, 0.2) is 11.6 Å². The second-order valence-electron chi connectivity index (χ2n) is 7.95. The number of hydrogen-bond acceptors (Lipinski definition) is 5. The largest absolute Gasteiger partial charge is 0.307 e. The molecule has 0 amide bonds. The first-order valence-corrected chi connectivity index (χ1v) is 11.4. The van der Waals surface area contributed by atoms with Crippen LogP contribution in [0.1, 0.15) is 63.2 Å². The first-order valence-electron chi connectivity index (χ1n) is 11.4. The van der Waals surface area contributed by atoms with Gasteiger partial charge in [0.05, 0.1) is 0 Å². The lowest BCUT2D eigenvalue weighted by molar-refractivity contribution is -0.0980. The first-order chi connectivity index (χ1) is 17.0. The van der Waals surface area contributed by atoms with E-state index in [0.29, 0.717) is 22.3 Å². The normalized spacial score (nSPS) is 9.71. The summed E-state index contributed by atoms with van der Waals surface area (Å²) in [7, 11) is 0. The molecule has 0 fully saturated rings. The van der Waals surface area contributed by atoms with Crippen molar-refractivity contribution in [1.82, 2.24) is 9.97 Å². The van der Waals surface area contributed by atoms with Crippen LogP contribution in [0.3, 0.4) is 0 Å². The van der Waals surface area contributed by atoms with Gasteiger partial charge in [0.1, 0.15) is 6.79 Å². The molecule has 2 heterocycles. The molecular formula is C30H30N2O3. The highest BCUT2D eigenvalue weighted by Crippen LogP contribution is 2.31. The van der Waals surface area contributed by atoms with Gasteiger partial charge in [-0.2, -0.15) is 0 Å². The molecule has 0 N–H and O–H groups in total. The van der Waals surface area contributed by atoms with Crippen molar-refractivity contribution in [2.75, 3.05) is 0 Å². The van der Waals surface area contributed by atoms with Crippen LogP contribution in [0.4, 0.5) is 0 Å². The Bertz CT molecular complexity index is 1170. The lowest BCUT2D eigenvalue weighted by Gasteiger charge is -2.15. The van der Waals surface area contributed by atoms with Gasteiger partial charge in [-0.3, -0.25) is 19.6 Å². The quantitative estimate of drug-likeness (QED) is 0.316. The summed E-state index contributed by atoms with van der Waals surface area (Å²) in [6.45, 7) is 10.1. The summed E-state index contributed by atoms with van der Waals surface area (Å²) in [6, 6.07) is 18.4. The summed E-state index contributed by atoms with van der Waals surface area (Å²) in [5.41, 5.74) is 5.51. The van der Waals surface area contributed by atoms with Gasteiger partial charge >= 0.3 is 0 Å². The molecule has 0 bridgehead atoms. The number of ketones is 2. The van der Waals surface area contributed by atoms with Crippen molar-refractivity contribution in [3.8, 4) is 11.1 Å². The number of aryl methyl sites for hydroxylation is 2. The van der Waals surface area contributed by atoms with Crippen molar-refractivity contribution in [2.24, 2.45) is 0 Å².